The fourth-order valence-electron chi connectivity index (χ4n) is 1.98. The lowest BCUT2D eigenvalue weighted by Gasteiger charge is -2.31. The van der Waals surface area contributed by atoms with Crippen LogP contribution in [0.5, 0.6) is 0 Å². The van der Waals surface area contributed by atoms with E-state index < -0.39 is 0 Å². The monoisotopic (exact) mass is 204 g/mol. The highest BCUT2D eigenvalue weighted by Crippen LogP contribution is 2.37. The number of alkyl halides is 1. The van der Waals surface area contributed by atoms with E-state index in [1.54, 1.807) is 0 Å². The summed E-state index contributed by atoms with van der Waals surface area (Å²) in [6, 6.07) is 8.37. The van der Waals surface area contributed by atoms with Gasteiger partial charge in [0, 0.05) is 11.3 Å². The maximum absolute atomic E-state index is 6.06. The van der Waals surface area contributed by atoms with Crippen molar-refractivity contribution in [3.8, 4) is 0 Å². The molecule has 0 nitrogen and oxygen atoms in total. The minimum Gasteiger partial charge on any atom is -0.125 e. The smallest absolute Gasteiger partial charge is 0.0358 e. The van der Waals surface area contributed by atoms with Crippen LogP contribution in [0.4, 0.5) is 0 Å². The minimum absolute atomic E-state index is 0.0626. The molecule has 0 saturated carbocycles. The van der Waals surface area contributed by atoms with Crippen LogP contribution in [-0.4, -0.2) is 5.88 Å². The number of rotatable bonds is 2. The summed E-state index contributed by atoms with van der Waals surface area (Å²) in [5, 5.41) is 0. The van der Waals surface area contributed by atoms with Gasteiger partial charge in [0.05, 0.1) is 0 Å². The van der Waals surface area contributed by atoms with Crippen molar-refractivity contribution in [1.82, 2.24) is 0 Å². The third kappa shape index (κ3) is 1.31. The molecule has 1 aliphatic carbocycles. The fourth-order valence-corrected chi connectivity index (χ4v) is 2.34. The van der Waals surface area contributed by atoms with Gasteiger partial charge in [-0.15, -0.1) is 18.2 Å². The number of benzene rings is 1. The zero-order chi connectivity index (χ0) is 10.0. The van der Waals surface area contributed by atoms with Crippen molar-refractivity contribution in [2.75, 3.05) is 5.88 Å². The molecule has 1 heteroatoms. The Morgan fingerprint density at radius 1 is 1.43 bits per heavy atom. The van der Waals surface area contributed by atoms with Crippen LogP contribution in [0.15, 0.2) is 43.0 Å². The van der Waals surface area contributed by atoms with Crippen molar-refractivity contribution in [3.05, 3.63) is 54.1 Å². The van der Waals surface area contributed by atoms with E-state index in [1.165, 1.54) is 11.1 Å². The molecule has 1 aromatic carbocycles. The second-order valence-corrected chi connectivity index (χ2v) is 3.95. The summed E-state index contributed by atoms with van der Waals surface area (Å²) < 4.78 is 0. The molecule has 0 N–H and O–H groups in total. The van der Waals surface area contributed by atoms with Crippen molar-refractivity contribution in [3.63, 3.8) is 0 Å². The van der Waals surface area contributed by atoms with Crippen molar-refractivity contribution in [2.45, 2.75) is 11.8 Å². The highest BCUT2D eigenvalue weighted by molar-refractivity contribution is 6.19. The van der Waals surface area contributed by atoms with Gasteiger partial charge in [0.25, 0.3) is 0 Å². The van der Waals surface area contributed by atoms with Crippen molar-refractivity contribution >= 4 is 17.7 Å². The van der Waals surface area contributed by atoms with Gasteiger partial charge in [0.2, 0.25) is 0 Å². The van der Waals surface area contributed by atoms with Gasteiger partial charge >= 0.3 is 0 Å². The Balaban J connectivity index is 2.60. The first kappa shape index (κ1) is 9.54. The second-order valence-electron chi connectivity index (χ2n) is 3.69. The molecule has 0 amide bonds. The third-order valence-corrected chi connectivity index (χ3v) is 3.38. The molecule has 0 spiro atoms. The summed E-state index contributed by atoms with van der Waals surface area (Å²) in [6.07, 6.45) is 7.26. The van der Waals surface area contributed by atoms with Crippen LogP contribution in [-0.2, 0) is 5.41 Å². The molecule has 0 aromatic heterocycles. The molecule has 0 heterocycles. The fraction of sp³-hybridized carbons (Fsp3) is 0.231. The lowest BCUT2D eigenvalue weighted by Crippen LogP contribution is -2.27. The third-order valence-electron chi connectivity index (χ3n) is 2.91. The van der Waals surface area contributed by atoms with E-state index in [0.717, 1.165) is 6.42 Å². The molecule has 72 valence electrons. The largest absolute Gasteiger partial charge is 0.125 e. The second kappa shape index (κ2) is 3.62. The van der Waals surface area contributed by atoms with E-state index in [1.807, 2.05) is 6.08 Å². The van der Waals surface area contributed by atoms with Crippen LogP contribution in [0.25, 0.3) is 6.08 Å². The number of hydrogen-bond donors (Lipinski definition) is 0. The lowest BCUT2D eigenvalue weighted by molar-refractivity contribution is 0.608. The molecular formula is C13H13Cl. The Kier molecular flexibility index (Phi) is 2.47. The number of halogens is 1. The summed E-state index contributed by atoms with van der Waals surface area (Å²) in [5.74, 6) is 0.595. The molecule has 14 heavy (non-hydrogen) atoms. The summed E-state index contributed by atoms with van der Waals surface area (Å²) in [6.45, 7) is 3.91. The predicted octanol–water partition coefficient (Wildman–Crippen LogP) is 3.77. The van der Waals surface area contributed by atoms with Crippen molar-refractivity contribution in [2.24, 2.45) is 0 Å². The highest BCUT2D eigenvalue weighted by Gasteiger charge is 2.30. The van der Waals surface area contributed by atoms with E-state index in [-0.39, 0.29) is 5.41 Å². The standard InChI is InChI=1S/C13H13Cl/c1-2-13(10-14)9-5-7-11-6-3-4-8-12(11)13/h2-8H,1,9-10H2. The molecule has 0 radical (unpaired) electrons. The number of hydrogen-bond acceptors (Lipinski definition) is 0. The van der Waals surface area contributed by atoms with Crippen LogP contribution in [0.3, 0.4) is 0 Å². The minimum atomic E-state index is -0.0626. The van der Waals surface area contributed by atoms with Crippen LogP contribution in [0, 0.1) is 0 Å². The van der Waals surface area contributed by atoms with Crippen LogP contribution in [0.2, 0.25) is 0 Å². The van der Waals surface area contributed by atoms with Gasteiger partial charge in [0.15, 0.2) is 0 Å². The van der Waals surface area contributed by atoms with Crippen LogP contribution < -0.4 is 0 Å². The van der Waals surface area contributed by atoms with E-state index in [2.05, 4.69) is 43.0 Å². The Bertz CT molecular complexity index is 379. The first-order valence-corrected chi connectivity index (χ1v) is 5.31. The number of fused-ring (bicyclic) bond motifs is 1. The average molecular weight is 205 g/mol. The Labute approximate surface area is 89.9 Å². The van der Waals surface area contributed by atoms with Gasteiger partial charge in [-0.3, -0.25) is 0 Å². The average Bonchev–Trinajstić information content (AvgIpc) is 2.28. The predicted molar refractivity (Wildman–Crippen MR) is 62.7 cm³/mol. The summed E-state index contributed by atoms with van der Waals surface area (Å²) in [4.78, 5) is 0. The molecule has 0 aliphatic heterocycles. The molecule has 0 saturated heterocycles. The first-order chi connectivity index (χ1) is 6.82. The molecule has 1 atom stereocenters. The summed E-state index contributed by atoms with van der Waals surface area (Å²) >= 11 is 6.06. The molecule has 0 fully saturated rings. The van der Waals surface area contributed by atoms with Crippen LogP contribution in [0.1, 0.15) is 17.5 Å². The first-order valence-electron chi connectivity index (χ1n) is 4.78. The van der Waals surface area contributed by atoms with Gasteiger partial charge in [0.1, 0.15) is 0 Å². The Hall–Kier alpha value is -1.01. The normalized spacial score (nSPS) is 24.4. The molecule has 1 aromatic rings. The zero-order valence-corrected chi connectivity index (χ0v) is 8.80. The maximum Gasteiger partial charge on any atom is 0.0358 e. The highest BCUT2D eigenvalue weighted by atomic mass is 35.5. The SMILES string of the molecule is C=CC1(CCl)CC=Cc2ccccc21. The Morgan fingerprint density at radius 3 is 2.93 bits per heavy atom. The maximum atomic E-state index is 6.06. The van der Waals surface area contributed by atoms with Crippen molar-refractivity contribution < 1.29 is 0 Å². The van der Waals surface area contributed by atoms with Crippen LogP contribution >= 0.6 is 11.6 Å². The van der Waals surface area contributed by atoms with Gasteiger partial charge in [-0.05, 0) is 17.5 Å². The number of allylic oxidation sites excluding steroid dienone is 2. The van der Waals surface area contributed by atoms with Crippen molar-refractivity contribution in [1.29, 1.82) is 0 Å². The van der Waals surface area contributed by atoms with E-state index in [4.69, 9.17) is 11.6 Å². The molecule has 1 unspecified atom stereocenters. The zero-order valence-electron chi connectivity index (χ0n) is 8.04. The lowest BCUT2D eigenvalue weighted by atomic mass is 9.74. The molecular weight excluding hydrogens is 192 g/mol. The van der Waals surface area contributed by atoms with E-state index in [0.29, 0.717) is 5.88 Å². The van der Waals surface area contributed by atoms with Gasteiger partial charge in [-0.1, -0.05) is 42.5 Å². The summed E-state index contributed by atoms with van der Waals surface area (Å²) in [5.41, 5.74) is 2.50. The molecule has 2 rings (SSSR count). The van der Waals surface area contributed by atoms with Gasteiger partial charge in [-0.2, -0.15) is 0 Å². The quantitative estimate of drug-likeness (QED) is 0.508. The summed E-state index contributed by atoms with van der Waals surface area (Å²) in [7, 11) is 0. The molecule has 0 bridgehead atoms. The topological polar surface area (TPSA) is 0 Å². The van der Waals surface area contributed by atoms with E-state index in [9.17, 15) is 0 Å². The van der Waals surface area contributed by atoms with Gasteiger partial charge in [-0.25, -0.2) is 0 Å². The van der Waals surface area contributed by atoms with E-state index >= 15 is 0 Å². The Morgan fingerprint density at radius 2 is 2.21 bits per heavy atom. The molecule has 1 aliphatic rings. The van der Waals surface area contributed by atoms with Gasteiger partial charge < -0.3 is 0 Å².